The molecule has 0 spiro atoms. The van der Waals surface area contributed by atoms with Crippen molar-refractivity contribution < 1.29 is 9.50 Å². The van der Waals surface area contributed by atoms with Crippen LogP contribution in [0.15, 0.2) is 18.2 Å². The Morgan fingerprint density at radius 1 is 1.36 bits per heavy atom. The fourth-order valence-electron chi connectivity index (χ4n) is 3.14. The molecule has 0 bridgehead atoms. The molecule has 1 saturated heterocycles. The molecule has 1 aromatic carbocycles. The summed E-state index contributed by atoms with van der Waals surface area (Å²) < 4.78 is 13.9. The normalized spacial score (nSPS) is 20.7. The predicted octanol–water partition coefficient (Wildman–Crippen LogP) is 3.00. The van der Waals surface area contributed by atoms with E-state index in [2.05, 4.69) is 23.6 Å². The molecule has 1 aromatic rings. The van der Waals surface area contributed by atoms with E-state index in [0.29, 0.717) is 29.1 Å². The predicted molar refractivity (Wildman–Crippen MR) is 88.6 cm³/mol. The second-order valence-electron chi connectivity index (χ2n) is 6.49. The van der Waals surface area contributed by atoms with Crippen LogP contribution in [0.3, 0.4) is 0 Å². The highest BCUT2D eigenvalue weighted by Crippen LogP contribution is 2.23. The summed E-state index contributed by atoms with van der Waals surface area (Å²) >= 11 is 6.13. The topological polar surface area (TPSA) is 26.7 Å². The molecule has 1 fully saturated rings. The first kappa shape index (κ1) is 17.7. The van der Waals surface area contributed by atoms with Gasteiger partial charge in [-0.3, -0.25) is 9.80 Å². The number of nitrogens with zero attached hydrogens (tertiary/aromatic N) is 2. The van der Waals surface area contributed by atoms with Crippen LogP contribution >= 0.6 is 11.6 Å². The maximum absolute atomic E-state index is 13.9. The Hall–Kier alpha value is -0.680. The minimum atomic E-state index is -0.240. The van der Waals surface area contributed by atoms with Gasteiger partial charge in [-0.25, -0.2) is 4.39 Å². The zero-order chi connectivity index (χ0) is 16.1. The number of aliphatic hydroxyl groups is 1. The number of hydrogen-bond donors (Lipinski definition) is 1. The molecule has 5 heteroatoms. The van der Waals surface area contributed by atoms with Gasteiger partial charge < -0.3 is 5.11 Å². The molecule has 0 unspecified atom stereocenters. The van der Waals surface area contributed by atoms with Crippen LogP contribution in [0.5, 0.6) is 0 Å². The van der Waals surface area contributed by atoms with Gasteiger partial charge >= 0.3 is 0 Å². The molecule has 0 radical (unpaired) electrons. The lowest BCUT2D eigenvalue weighted by atomic mass is 10.1. The van der Waals surface area contributed by atoms with E-state index in [4.69, 9.17) is 11.6 Å². The highest BCUT2D eigenvalue weighted by Gasteiger charge is 2.27. The van der Waals surface area contributed by atoms with Crippen molar-refractivity contribution in [1.82, 2.24) is 9.80 Å². The molecule has 1 heterocycles. The second kappa shape index (κ2) is 8.25. The number of benzene rings is 1. The first-order valence-electron chi connectivity index (χ1n) is 8.01. The van der Waals surface area contributed by atoms with E-state index in [-0.39, 0.29) is 12.4 Å². The highest BCUT2D eigenvalue weighted by molar-refractivity contribution is 6.31. The molecule has 1 atom stereocenters. The number of aliphatic hydroxyl groups excluding tert-OH is 1. The third kappa shape index (κ3) is 4.66. The van der Waals surface area contributed by atoms with Gasteiger partial charge in [0.15, 0.2) is 0 Å². The second-order valence-corrected chi connectivity index (χ2v) is 6.90. The van der Waals surface area contributed by atoms with Crippen LogP contribution in [0.1, 0.15) is 25.8 Å². The molecule has 22 heavy (non-hydrogen) atoms. The molecule has 1 aliphatic heterocycles. The van der Waals surface area contributed by atoms with Crippen LogP contribution in [0, 0.1) is 11.7 Å². The van der Waals surface area contributed by atoms with E-state index in [1.54, 1.807) is 12.1 Å². The molecule has 1 N–H and O–H groups in total. The van der Waals surface area contributed by atoms with E-state index in [1.807, 2.05) is 0 Å². The van der Waals surface area contributed by atoms with Gasteiger partial charge in [0, 0.05) is 56.0 Å². The van der Waals surface area contributed by atoms with Crippen LogP contribution in [-0.2, 0) is 6.54 Å². The van der Waals surface area contributed by atoms with E-state index in [9.17, 15) is 9.50 Å². The van der Waals surface area contributed by atoms with Crippen molar-refractivity contribution >= 4 is 11.6 Å². The van der Waals surface area contributed by atoms with E-state index in [1.165, 1.54) is 6.07 Å². The zero-order valence-electron chi connectivity index (χ0n) is 13.4. The highest BCUT2D eigenvalue weighted by atomic mass is 35.5. The lowest BCUT2D eigenvalue weighted by Gasteiger charge is -2.42. The van der Waals surface area contributed by atoms with Crippen molar-refractivity contribution in [3.8, 4) is 0 Å². The third-order valence-corrected chi connectivity index (χ3v) is 4.55. The van der Waals surface area contributed by atoms with Crippen molar-refractivity contribution in [2.45, 2.75) is 32.9 Å². The number of piperazine rings is 1. The molecule has 2 rings (SSSR count). The average Bonchev–Trinajstić information content (AvgIpc) is 2.45. The molecule has 1 aliphatic rings. The Morgan fingerprint density at radius 2 is 2.14 bits per heavy atom. The van der Waals surface area contributed by atoms with Crippen molar-refractivity contribution in [2.75, 3.05) is 32.8 Å². The summed E-state index contributed by atoms with van der Waals surface area (Å²) in [5.74, 6) is 0.365. The smallest absolute Gasteiger partial charge is 0.129 e. The first-order chi connectivity index (χ1) is 10.5. The quantitative estimate of drug-likeness (QED) is 0.869. The summed E-state index contributed by atoms with van der Waals surface area (Å²) in [6.45, 7) is 8.88. The average molecular weight is 329 g/mol. The first-order valence-corrected chi connectivity index (χ1v) is 8.39. The van der Waals surface area contributed by atoms with Gasteiger partial charge in [0.05, 0.1) is 0 Å². The summed E-state index contributed by atoms with van der Waals surface area (Å²) in [6.07, 6.45) is 0.758. The van der Waals surface area contributed by atoms with Gasteiger partial charge in [0.2, 0.25) is 0 Å². The lowest BCUT2D eigenvalue weighted by molar-refractivity contribution is 0.0472. The Bertz CT molecular complexity index is 463. The maximum atomic E-state index is 13.9. The van der Waals surface area contributed by atoms with Gasteiger partial charge in [-0.2, -0.15) is 0 Å². The minimum absolute atomic E-state index is 0.188. The Labute approximate surface area is 137 Å². The van der Waals surface area contributed by atoms with Crippen molar-refractivity contribution in [2.24, 2.45) is 5.92 Å². The maximum Gasteiger partial charge on any atom is 0.129 e. The summed E-state index contributed by atoms with van der Waals surface area (Å²) in [6, 6.07) is 5.16. The van der Waals surface area contributed by atoms with Crippen molar-refractivity contribution in [3.05, 3.63) is 34.6 Å². The Balaban J connectivity index is 2.02. The number of rotatable bonds is 6. The lowest BCUT2D eigenvalue weighted by Crippen LogP contribution is -2.53. The van der Waals surface area contributed by atoms with Crippen LogP contribution < -0.4 is 0 Å². The zero-order valence-corrected chi connectivity index (χ0v) is 14.2. The standard InChI is InChI=1S/C17H26ClFN2O/c1-13(2)10-21-8-7-20(11-14(21)6-9-22)12-15-16(18)4-3-5-17(15)19/h3-5,13-14,22H,6-12H2,1-2H3/t14-/m1/s1. The summed E-state index contributed by atoms with van der Waals surface area (Å²) in [4.78, 5) is 4.68. The SMILES string of the molecule is CC(C)CN1CCN(Cc2c(F)cccc2Cl)C[C@H]1CCO. The molecular weight excluding hydrogens is 303 g/mol. The molecule has 124 valence electrons. The summed E-state index contributed by atoms with van der Waals surface area (Å²) in [5, 5.41) is 9.80. The van der Waals surface area contributed by atoms with Gasteiger partial charge in [-0.15, -0.1) is 0 Å². The largest absolute Gasteiger partial charge is 0.396 e. The molecule has 3 nitrogen and oxygen atoms in total. The number of hydrogen-bond acceptors (Lipinski definition) is 3. The molecule has 0 aliphatic carbocycles. The van der Waals surface area contributed by atoms with Crippen LogP contribution in [0.4, 0.5) is 4.39 Å². The van der Waals surface area contributed by atoms with E-state index < -0.39 is 0 Å². The monoisotopic (exact) mass is 328 g/mol. The molecule has 0 saturated carbocycles. The van der Waals surface area contributed by atoms with Crippen molar-refractivity contribution in [3.63, 3.8) is 0 Å². The number of halogens is 2. The van der Waals surface area contributed by atoms with Crippen molar-refractivity contribution in [1.29, 1.82) is 0 Å². The van der Waals surface area contributed by atoms with Crippen LogP contribution in [0.25, 0.3) is 0 Å². The fourth-order valence-corrected chi connectivity index (χ4v) is 3.36. The molecule has 0 amide bonds. The third-order valence-electron chi connectivity index (χ3n) is 4.19. The van der Waals surface area contributed by atoms with E-state index in [0.717, 1.165) is 32.6 Å². The summed E-state index contributed by atoms with van der Waals surface area (Å²) in [5.41, 5.74) is 0.573. The Morgan fingerprint density at radius 3 is 2.77 bits per heavy atom. The fraction of sp³-hybridized carbons (Fsp3) is 0.647. The van der Waals surface area contributed by atoms with Crippen LogP contribution in [-0.4, -0.2) is 53.7 Å². The van der Waals surface area contributed by atoms with E-state index >= 15 is 0 Å². The Kier molecular flexibility index (Phi) is 6.63. The van der Waals surface area contributed by atoms with Gasteiger partial charge in [0.1, 0.15) is 5.82 Å². The summed E-state index contributed by atoms with van der Waals surface area (Å²) in [7, 11) is 0. The van der Waals surface area contributed by atoms with Gasteiger partial charge in [-0.1, -0.05) is 31.5 Å². The van der Waals surface area contributed by atoms with Gasteiger partial charge in [0.25, 0.3) is 0 Å². The van der Waals surface area contributed by atoms with Gasteiger partial charge in [-0.05, 0) is 24.5 Å². The minimum Gasteiger partial charge on any atom is -0.396 e. The molecular formula is C17H26ClFN2O. The molecule has 0 aromatic heterocycles. The van der Waals surface area contributed by atoms with Crippen LogP contribution in [0.2, 0.25) is 5.02 Å².